The molecule has 0 spiro atoms. The Balaban J connectivity index is 1.71. The van der Waals surface area contributed by atoms with Crippen LogP contribution in [0, 0.1) is 0 Å². The summed E-state index contributed by atoms with van der Waals surface area (Å²) in [6, 6.07) is 0. The lowest BCUT2D eigenvalue weighted by atomic mass is 9.90. The number of hydrogen-bond donors (Lipinski definition) is 1. The molecule has 0 saturated heterocycles. The molecule has 96 valence electrons. The number of aromatic amines is 1. The van der Waals surface area contributed by atoms with Gasteiger partial charge in [-0.25, -0.2) is 4.98 Å². The van der Waals surface area contributed by atoms with E-state index in [4.69, 9.17) is 8.94 Å². The van der Waals surface area contributed by atoms with Gasteiger partial charge in [0.2, 0.25) is 11.7 Å². The molecule has 8 nitrogen and oxygen atoms in total. The van der Waals surface area contributed by atoms with Crippen LogP contribution in [0.4, 0.5) is 0 Å². The highest BCUT2D eigenvalue weighted by atomic mass is 16.5. The molecule has 0 radical (unpaired) electrons. The topological polar surface area (TPSA) is 107 Å². The standard InChI is InChI=1S/C11H10N6O2/c1-2-6(9-7(3-1)14-17-15-9)11-13-10(16-19-11)8-4-18-5-12-8/h4-6H,1-3H2,(H,14,15,17). The molecular formula is C11H10N6O2. The molecule has 1 unspecified atom stereocenters. The minimum absolute atomic E-state index is 0.00986. The Morgan fingerprint density at radius 3 is 3.21 bits per heavy atom. The zero-order valence-corrected chi connectivity index (χ0v) is 9.91. The molecule has 1 N–H and O–H groups in total. The van der Waals surface area contributed by atoms with E-state index >= 15 is 0 Å². The lowest BCUT2D eigenvalue weighted by Gasteiger charge is -2.15. The number of nitrogens with zero attached hydrogens (tertiary/aromatic N) is 5. The smallest absolute Gasteiger partial charge is 0.236 e. The van der Waals surface area contributed by atoms with Crippen molar-refractivity contribution in [2.75, 3.05) is 0 Å². The maximum Gasteiger partial charge on any atom is 0.236 e. The molecule has 0 saturated carbocycles. The average Bonchev–Trinajstić information content (AvgIpc) is 3.18. The van der Waals surface area contributed by atoms with Crippen molar-refractivity contribution in [2.45, 2.75) is 25.2 Å². The molecule has 8 heteroatoms. The lowest BCUT2D eigenvalue weighted by molar-refractivity contribution is 0.352. The molecule has 0 aromatic carbocycles. The van der Waals surface area contributed by atoms with Crippen LogP contribution in [0.5, 0.6) is 0 Å². The van der Waals surface area contributed by atoms with Crippen LogP contribution in [-0.4, -0.2) is 30.5 Å². The van der Waals surface area contributed by atoms with Crippen molar-refractivity contribution in [3.05, 3.63) is 29.9 Å². The summed E-state index contributed by atoms with van der Waals surface area (Å²) in [5.74, 6) is 0.989. The van der Waals surface area contributed by atoms with E-state index in [0.29, 0.717) is 17.4 Å². The minimum atomic E-state index is 0.00986. The van der Waals surface area contributed by atoms with E-state index in [1.54, 1.807) is 0 Å². The summed E-state index contributed by atoms with van der Waals surface area (Å²) in [6.07, 6.45) is 5.72. The lowest BCUT2D eigenvalue weighted by Crippen LogP contribution is -2.11. The van der Waals surface area contributed by atoms with Gasteiger partial charge in [-0.05, 0) is 19.3 Å². The Bertz CT molecular complexity index is 686. The first-order chi connectivity index (χ1) is 9.42. The van der Waals surface area contributed by atoms with Crippen LogP contribution in [0.1, 0.15) is 36.0 Å². The predicted molar refractivity (Wildman–Crippen MR) is 61.0 cm³/mol. The molecule has 19 heavy (non-hydrogen) atoms. The van der Waals surface area contributed by atoms with Gasteiger partial charge in [0.05, 0.1) is 17.3 Å². The molecule has 0 fully saturated rings. The fraction of sp³-hybridized carbons (Fsp3) is 0.364. The Kier molecular flexibility index (Phi) is 2.20. The van der Waals surface area contributed by atoms with E-state index in [-0.39, 0.29) is 5.92 Å². The number of H-pyrrole nitrogens is 1. The van der Waals surface area contributed by atoms with Gasteiger partial charge in [0, 0.05) is 0 Å². The van der Waals surface area contributed by atoms with Gasteiger partial charge in [-0.15, -0.1) is 0 Å². The Labute approximate surface area is 107 Å². The Morgan fingerprint density at radius 1 is 1.32 bits per heavy atom. The molecular weight excluding hydrogens is 248 g/mol. The molecule has 1 atom stereocenters. The summed E-state index contributed by atoms with van der Waals surface area (Å²) < 4.78 is 10.2. The van der Waals surface area contributed by atoms with Crippen molar-refractivity contribution in [3.63, 3.8) is 0 Å². The second-order valence-electron chi connectivity index (χ2n) is 4.43. The van der Waals surface area contributed by atoms with Crippen molar-refractivity contribution in [1.29, 1.82) is 0 Å². The molecule has 0 amide bonds. The van der Waals surface area contributed by atoms with Gasteiger partial charge in [-0.2, -0.15) is 20.4 Å². The van der Waals surface area contributed by atoms with Crippen molar-refractivity contribution in [2.24, 2.45) is 0 Å². The van der Waals surface area contributed by atoms with E-state index in [9.17, 15) is 0 Å². The van der Waals surface area contributed by atoms with E-state index in [1.165, 1.54) is 12.7 Å². The quantitative estimate of drug-likeness (QED) is 0.738. The van der Waals surface area contributed by atoms with Crippen LogP contribution in [0.3, 0.4) is 0 Å². The minimum Gasteiger partial charge on any atom is -0.451 e. The fourth-order valence-electron chi connectivity index (χ4n) is 2.38. The van der Waals surface area contributed by atoms with Crippen molar-refractivity contribution in [1.82, 2.24) is 30.5 Å². The summed E-state index contributed by atoms with van der Waals surface area (Å²) >= 11 is 0. The summed E-state index contributed by atoms with van der Waals surface area (Å²) in [5.41, 5.74) is 2.45. The first-order valence-electron chi connectivity index (χ1n) is 6.03. The molecule has 1 aliphatic rings. The normalized spacial score (nSPS) is 18.4. The monoisotopic (exact) mass is 258 g/mol. The van der Waals surface area contributed by atoms with Crippen LogP contribution in [-0.2, 0) is 6.42 Å². The largest absolute Gasteiger partial charge is 0.451 e. The zero-order valence-electron chi connectivity index (χ0n) is 9.91. The number of oxazole rings is 1. The van der Waals surface area contributed by atoms with Crippen molar-refractivity contribution in [3.8, 4) is 11.5 Å². The van der Waals surface area contributed by atoms with E-state index in [1.807, 2.05) is 0 Å². The van der Waals surface area contributed by atoms with Crippen LogP contribution >= 0.6 is 0 Å². The highest BCUT2D eigenvalue weighted by Crippen LogP contribution is 2.33. The zero-order chi connectivity index (χ0) is 12.7. The molecule has 3 heterocycles. The fourth-order valence-corrected chi connectivity index (χ4v) is 2.38. The predicted octanol–water partition coefficient (Wildman–Crippen LogP) is 1.31. The molecule has 0 aliphatic heterocycles. The SMILES string of the molecule is c1nc(-c2noc(C3CCCc4n[nH]nc43)n2)co1. The first-order valence-corrected chi connectivity index (χ1v) is 6.03. The molecule has 1 aliphatic carbocycles. The number of hydrogen-bond acceptors (Lipinski definition) is 7. The highest BCUT2D eigenvalue weighted by molar-refractivity contribution is 5.45. The number of nitrogens with one attached hydrogen (secondary N) is 1. The van der Waals surface area contributed by atoms with Crippen molar-refractivity contribution < 1.29 is 8.94 Å². The third-order valence-electron chi connectivity index (χ3n) is 3.29. The van der Waals surface area contributed by atoms with E-state index in [0.717, 1.165) is 30.7 Å². The molecule has 3 aromatic rings. The summed E-state index contributed by atoms with van der Waals surface area (Å²) in [7, 11) is 0. The average molecular weight is 258 g/mol. The first kappa shape index (κ1) is 10.4. The van der Waals surface area contributed by atoms with Crippen LogP contribution in [0.2, 0.25) is 0 Å². The maximum absolute atomic E-state index is 5.33. The third-order valence-corrected chi connectivity index (χ3v) is 3.29. The van der Waals surface area contributed by atoms with Gasteiger partial charge in [0.1, 0.15) is 12.0 Å². The van der Waals surface area contributed by atoms with Gasteiger partial charge in [-0.3, -0.25) is 0 Å². The van der Waals surface area contributed by atoms with E-state index in [2.05, 4.69) is 30.5 Å². The number of aryl methyl sites for hydroxylation is 1. The summed E-state index contributed by atoms with van der Waals surface area (Å²) in [5, 5.41) is 14.9. The van der Waals surface area contributed by atoms with Gasteiger partial charge in [-0.1, -0.05) is 5.16 Å². The number of aromatic nitrogens is 6. The second-order valence-corrected chi connectivity index (χ2v) is 4.43. The Hall–Kier alpha value is -2.51. The van der Waals surface area contributed by atoms with Gasteiger partial charge >= 0.3 is 0 Å². The van der Waals surface area contributed by atoms with Crippen molar-refractivity contribution >= 4 is 0 Å². The molecule has 4 rings (SSSR count). The van der Waals surface area contributed by atoms with Crippen LogP contribution < -0.4 is 0 Å². The summed E-state index contributed by atoms with van der Waals surface area (Å²) in [4.78, 5) is 8.37. The number of rotatable bonds is 2. The third kappa shape index (κ3) is 1.64. The summed E-state index contributed by atoms with van der Waals surface area (Å²) in [6.45, 7) is 0. The van der Waals surface area contributed by atoms with Crippen LogP contribution in [0.15, 0.2) is 21.6 Å². The highest BCUT2D eigenvalue weighted by Gasteiger charge is 2.30. The molecule has 0 bridgehead atoms. The molecule has 3 aromatic heterocycles. The van der Waals surface area contributed by atoms with Crippen LogP contribution in [0.25, 0.3) is 11.5 Å². The van der Waals surface area contributed by atoms with E-state index < -0.39 is 0 Å². The van der Waals surface area contributed by atoms with Gasteiger partial charge in [0.25, 0.3) is 0 Å². The second kappa shape index (κ2) is 4.01. The van der Waals surface area contributed by atoms with Gasteiger partial charge < -0.3 is 8.94 Å². The Morgan fingerprint density at radius 2 is 2.32 bits per heavy atom. The number of fused-ring (bicyclic) bond motifs is 1. The maximum atomic E-state index is 5.33. The van der Waals surface area contributed by atoms with Gasteiger partial charge in [0.15, 0.2) is 6.39 Å².